The lowest BCUT2D eigenvalue weighted by Gasteiger charge is -2.35. The van der Waals surface area contributed by atoms with Gasteiger partial charge in [0.15, 0.2) is 0 Å². The van der Waals surface area contributed by atoms with Crippen molar-refractivity contribution >= 4 is 17.2 Å². The molecule has 1 aliphatic rings. The lowest BCUT2D eigenvalue weighted by atomic mass is 9.99. The number of piperidine rings is 1. The molecule has 3 heterocycles. The van der Waals surface area contributed by atoms with Crippen molar-refractivity contribution in [3.8, 4) is 10.7 Å². The molecule has 1 atom stereocenters. The van der Waals surface area contributed by atoms with E-state index in [0.29, 0.717) is 37.4 Å². The average Bonchev–Trinajstić information content (AvgIpc) is 3.27. The molecule has 0 radical (unpaired) electrons. The number of likely N-dealkylation sites (tertiary alicyclic amines) is 1. The van der Waals surface area contributed by atoms with Crippen LogP contribution < -0.4 is 0 Å². The van der Waals surface area contributed by atoms with Gasteiger partial charge in [0.05, 0.1) is 4.88 Å². The number of rotatable bonds is 7. The van der Waals surface area contributed by atoms with Gasteiger partial charge in [-0.25, -0.2) is 0 Å². The summed E-state index contributed by atoms with van der Waals surface area (Å²) in [5.41, 5.74) is 0. The van der Waals surface area contributed by atoms with Crippen LogP contribution in [0.2, 0.25) is 0 Å². The second-order valence-corrected chi connectivity index (χ2v) is 7.04. The highest BCUT2D eigenvalue weighted by Crippen LogP contribution is 2.23. The maximum absolute atomic E-state index is 12.4. The van der Waals surface area contributed by atoms with Crippen LogP contribution >= 0.6 is 11.3 Å². The number of thiophene rings is 1. The first-order valence-corrected chi connectivity index (χ1v) is 9.42. The second-order valence-electron chi connectivity index (χ2n) is 6.09. The smallest absolute Gasteiger partial charge is 0.226 e. The summed E-state index contributed by atoms with van der Waals surface area (Å²) in [4.78, 5) is 19.8. The Labute approximate surface area is 145 Å². The van der Waals surface area contributed by atoms with Crippen LogP contribution in [0.4, 0.5) is 0 Å². The topological polar surface area (TPSA) is 79.5 Å². The Hall–Kier alpha value is -1.73. The van der Waals surface area contributed by atoms with Crippen LogP contribution in [-0.2, 0) is 11.2 Å². The average molecular weight is 349 g/mol. The third-order valence-electron chi connectivity index (χ3n) is 4.40. The fraction of sp³-hybridized carbons (Fsp3) is 0.588. The lowest BCUT2D eigenvalue weighted by molar-refractivity contribution is -0.135. The molecule has 24 heavy (non-hydrogen) atoms. The first-order valence-electron chi connectivity index (χ1n) is 8.54. The summed E-state index contributed by atoms with van der Waals surface area (Å²) >= 11 is 1.58. The van der Waals surface area contributed by atoms with Crippen molar-refractivity contribution in [3.63, 3.8) is 0 Å². The molecule has 6 nitrogen and oxygen atoms in total. The number of amides is 1. The summed E-state index contributed by atoms with van der Waals surface area (Å²) in [6.07, 6.45) is 5.68. The van der Waals surface area contributed by atoms with Crippen LogP contribution in [0.5, 0.6) is 0 Å². The van der Waals surface area contributed by atoms with Crippen molar-refractivity contribution in [2.24, 2.45) is 0 Å². The number of hydrogen-bond donors (Lipinski definition) is 1. The van der Waals surface area contributed by atoms with Crippen molar-refractivity contribution in [2.75, 3.05) is 13.2 Å². The van der Waals surface area contributed by atoms with Gasteiger partial charge >= 0.3 is 0 Å². The van der Waals surface area contributed by atoms with Crippen LogP contribution in [0.3, 0.4) is 0 Å². The molecule has 1 unspecified atom stereocenters. The maximum atomic E-state index is 12.4. The van der Waals surface area contributed by atoms with Gasteiger partial charge in [0.25, 0.3) is 0 Å². The molecule has 0 aliphatic carbocycles. The normalized spacial score (nSPS) is 18.0. The molecule has 0 spiro atoms. The quantitative estimate of drug-likeness (QED) is 0.831. The zero-order valence-corrected chi connectivity index (χ0v) is 14.5. The lowest BCUT2D eigenvalue weighted by Crippen LogP contribution is -2.44. The van der Waals surface area contributed by atoms with Gasteiger partial charge in [0, 0.05) is 32.0 Å². The number of aliphatic hydroxyl groups excluding tert-OH is 1. The van der Waals surface area contributed by atoms with Crippen molar-refractivity contribution in [2.45, 2.75) is 51.0 Å². The molecule has 7 heteroatoms. The van der Waals surface area contributed by atoms with Crippen molar-refractivity contribution in [1.29, 1.82) is 0 Å². The minimum absolute atomic E-state index is 0.141. The second kappa shape index (κ2) is 8.39. The van der Waals surface area contributed by atoms with Gasteiger partial charge in [-0.2, -0.15) is 4.98 Å². The molecule has 130 valence electrons. The standard InChI is InChI=1S/C17H23N3O3S/c21-11-9-13-5-1-2-10-20(13)16(22)8-3-7-15-18-17(19-23-15)14-6-4-12-24-14/h4,6,12-13,21H,1-3,5,7-11H2. The minimum atomic E-state index is 0.141. The molecule has 0 aromatic carbocycles. The fourth-order valence-electron chi connectivity index (χ4n) is 3.17. The molecule has 1 N–H and O–H groups in total. The third kappa shape index (κ3) is 4.21. The SMILES string of the molecule is O=C(CCCc1nc(-c2cccs2)no1)N1CCCCC1CCO. The highest BCUT2D eigenvalue weighted by molar-refractivity contribution is 7.13. The van der Waals surface area contributed by atoms with Gasteiger partial charge < -0.3 is 14.5 Å². The Morgan fingerprint density at radius 1 is 1.46 bits per heavy atom. The molecule has 1 fully saturated rings. The zero-order chi connectivity index (χ0) is 16.8. The number of carbonyl (C=O) groups is 1. The van der Waals surface area contributed by atoms with Crippen molar-refractivity contribution in [1.82, 2.24) is 15.0 Å². The van der Waals surface area contributed by atoms with Crippen LogP contribution in [0.25, 0.3) is 10.7 Å². The van der Waals surface area contributed by atoms with Crippen LogP contribution in [0.15, 0.2) is 22.0 Å². The highest BCUT2D eigenvalue weighted by atomic mass is 32.1. The molecular formula is C17H23N3O3S. The molecule has 0 bridgehead atoms. The van der Waals surface area contributed by atoms with Crippen LogP contribution in [0, 0.1) is 0 Å². The first kappa shape index (κ1) is 17.1. The number of hydrogen-bond acceptors (Lipinski definition) is 6. The van der Waals surface area contributed by atoms with E-state index in [-0.39, 0.29) is 18.6 Å². The maximum Gasteiger partial charge on any atom is 0.226 e. The van der Waals surface area contributed by atoms with E-state index in [1.165, 1.54) is 0 Å². The van der Waals surface area contributed by atoms with E-state index in [1.807, 2.05) is 22.4 Å². The van der Waals surface area contributed by atoms with E-state index in [0.717, 1.165) is 30.7 Å². The Morgan fingerprint density at radius 2 is 2.38 bits per heavy atom. The fourth-order valence-corrected chi connectivity index (χ4v) is 3.82. The number of aliphatic hydroxyl groups is 1. The summed E-state index contributed by atoms with van der Waals surface area (Å²) in [7, 11) is 0. The zero-order valence-electron chi connectivity index (χ0n) is 13.7. The summed E-state index contributed by atoms with van der Waals surface area (Å²) in [6, 6.07) is 4.11. The van der Waals surface area contributed by atoms with Crippen molar-refractivity contribution in [3.05, 3.63) is 23.4 Å². The van der Waals surface area contributed by atoms with Crippen LogP contribution in [0.1, 0.15) is 44.4 Å². The number of aromatic nitrogens is 2. The van der Waals surface area contributed by atoms with E-state index >= 15 is 0 Å². The van der Waals surface area contributed by atoms with Crippen molar-refractivity contribution < 1.29 is 14.4 Å². The van der Waals surface area contributed by atoms with Gasteiger partial charge in [-0.05, 0) is 43.6 Å². The molecule has 2 aromatic rings. The van der Waals surface area contributed by atoms with Gasteiger partial charge in [0.2, 0.25) is 17.6 Å². The van der Waals surface area contributed by atoms with Crippen LogP contribution in [-0.4, -0.2) is 45.2 Å². The molecule has 1 aliphatic heterocycles. The van der Waals surface area contributed by atoms with Gasteiger partial charge in [0.1, 0.15) is 0 Å². The molecule has 1 amide bonds. The number of aryl methyl sites for hydroxylation is 1. The van der Waals surface area contributed by atoms with E-state index in [4.69, 9.17) is 9.63 Å². The summed E-state index contributed by atoms with van der Waals surface area (Å²) < 4.78 is 5.26. The Balaban J connectivity index is 1.48. The third-order valence-corrected chi connectivity index (χ3v) is 5.27. The van der Waals surface area contributed by atoms with Gasteiger partial charge in [-0.1, -0.05) is 11.2 Å². The number of nitrogens with zero attached hydrogens (tertiary/aromatic N) is 3. The summed E-state index contributed by atoms with van der Waals surface area (Å²) in [5, 5.41) is 15.1. The molecule has 3 rings (SSSR count). The van der Waals surface area contributed by atoms with Gasteiger partial charge in [-0.15, -0.1) is 11.3 Å². The molecule has 1 saturated heterocycles. The van der Waals surface area contributed by atoms with E-state index in [9.17, 15) is 4.79 Å². The predicted octanol–water partition coefficient (Wildman–Crippen LogP) is 2.88. The monoisotopic (exact) mass is 349 g/mol. The Morgan fingerprint density at radius 3 is 3.17 bits per heavy atom. The first-order chi connectivity index (χ1) is 11.8. The van der Waals surface area contributed by atoms with E-state index in [1.54, 1.807) is 11.3 Å². The molecule has 2 aromatic heterocycles. The summed E-state index contributed by atoms with van der Waals surface area (Å²) in [5.74, 6) is 1.37. The molecule has 0 saturated carbocycles. The number of carbonyl (C=O) groups excluding carboxylic acids is 1. The Kier molecular flexibility index (Phi) is 5.98. The highest BCUT2D eigenvalue weighted by Gasteiger charge is 2.25. The van der Waals surface area contributed by atoms with E-state index in [2.05, 4.69) is 10.1 Å². The Bertz CT molecular complexity index is 639. The van der Waals surface area contributed by atoms with Gasteiger partial charge in [-0.3, -0.25) is 4.79 Å². The largest absolute Gasteiger partial charge is 0.396 e. The summed E-state index contributed by atoms with van der Waals surface area (Å²) in [6.45, 7) is 0.953. The molecular weight excluding hydrogens is 326 g/mol. The minimum Gasteiger partial charge on any atom is -0.396 e. The predicted molar refractivity (Wildman–Crippen MR) is 91.6 cm³/mol. The van der Waals surface area contributed by atoms with E-state index < -0.39 is 0 Å².